The number of allylic oxidation sites excluding steroid dienone is 2. The van der Waals surface area contributed by atoms with E-state index in [1.165, 1.54) is 6.07 Å². The minimum Gasteiger partial charge on any atom is -0.206 e. The van der Waals surface area contributed by atoms with E-state index in [4.69, 9.17) is 0 Å². The van der Waals surface area contributed by atoms with Crippen LogP contribution in [0.1, 0.15) is 20.8 Å². The van der Waals surface area contributed by atoms with E-state index in [9.17, 15) is 4.39 Å². The highest BCUT2D eigenvalue weighted by atomic mass is 19.1. The Morgan fingerprint density at radius 1 is 1.29 bits per heavy atom. The lowest BCUT2D eigenvalue weighted by atomic mass is 10.2. The van der Waals surface area contributed by atoms with Crippen molar-refractivity contribution in [2.75, 3.05) is 0 Å². The van der Waals surface area contributed by atoms with Crippen molar-refractivity contribution in [3.63, 3.8) is 0 Å². The van der Waals surface area contributed by atoms with E-state index in [1.807, 2.05) is 26.8 Å². The molecule has 0 N–H and O–H groups in total. The van der Waals surface area contributed by atoms with Gasteiger partial charge in [-0.1, -0.05) is 50.8 Å². The van der Waals surface area contributed by atoms with Gasteiger partial charge in [0.25, 0.3) is 0 Å². The molecule has 0 radical (unpaired) electrons. The van der Waals surface area contributed by atoms with E-state index >= 15 is 0 Å². The van der Waals surface area contributed by atoms with Gasteiger partial charge in [-0.2, -0.15) is 0 Å². The standard InChI is InChI=1S/C11H11F.C2H6/c1-3-4-7-10-9(2)6-5-8-11(10)12;1-2/h3-8H,2H2,1H3;1-2H3/b4-3-,10-7+;. The van der Waals surface area contributed by atoms with E-state index in [2.05, 4.69) is 6.58 Å². The van der Waals surface area contributed by atoms with E-state index in [-0.39, 0.29) is 5.82 Å². The number of benzene rings is 1. The van der Waals surface area contributed by atoms with E-state index < -0.39 is 0 Å². The van der Waals surface area contributed by atoms with Gasteiger partial charge in [0.2, 0.25) is 0 Å². The highest BCUT2D eigenvalue weighted by Gasteiger charge is 1.89. The third-order valence-electron chi connectivity index (χ3n) is 1.60. The van der Waals surface area contributed by atoms with Crippen molar-refractivity contribution in [2.24, 2.45) is 0 Å². The summed E-state index contributed by atoms with van der Waals surface area (Å²) in [6, 6.07) is 4.88. The Bertz CT molecular complexity index is 388. The molecule has 0 aliphatic heterocycles. The zero-order valence-corrected chi connectivity index (χ0v) is 9.05. The molecule has 0 bridgehead atoms. The Morgan fingerprint density at radius 3 is 2.43 bits per heavy atom. The first-order valence-corrected chi connectivity index (χ1v) is 4.82. The smallest absolute Gasteiger partial charge is 0.131 e. The first kappa shape index (κ1) is 12.6. The minimum absolute atomic E-state index is 0.222. The van der Waals surface area contributed by atoms with Gasteiger partial charge < -0.3 is 0 Å². The molecule has 1 aromatic rings. The van der Waals surface area contributed by atoms with Gasteiger partial charge in [0.15, 0.2) is 0 Å². The average Bonchev–Trinajstić information content (AvgIpc) is 2.20. The van der Waals surface area contributed by atoms with Crippen LogP contribution in [0.25, 0.3) is 12.7 Å². The summed E-state index contributed by atoms with van der Waals surface area (Å²) in [6.07, 6.45) is 5.37. The lowest BCUT2D eigenvalue weighted by Crippen LogP contribution is -2.25. The molecule has 0 aliphatic carbocycles. The van der Waals surface area contributed by atoms with Crippen LogP contribution in [-0.2, 0) is 0 Å². The van der Waals surface area contributed by atoms with Gasteiger partial charge >= 0.3 is 0 Å². The van der Waals surface area contributed by atoms with Crippen molar-refractivity contribution in [2.45, 2.75) is 20.8 Å². The van der Waals surface area contributed by atoms with Crippen LogP contribution in [0, 0.1) is 5.82 Å². The Hall–Kier alpha value is -1.37. The topological polar surface area (TPSA) is 0 Å². The second-order valence-electron chi connectivity index (χ2n) is 2.51. The maximum atomic E-state index is 13.1. The Balaban J connectivity index is 0.000000791. The van der Waals surface area contributed by atoms with Crippen molar-refractivity contribution >= 4 is 12.7 Å². The molecule has 0 saturated heterocycles. The maximum Gasteiger partial charge on any atom is 0.131 e. The van der Waals surface area contributed by atoms with E-state index in [0.29, 0.717) is 10.4 Å². The predicted molar refractivity (Wildman–Crippen MR) is 61.8 cm³/mol. The number of hydrogen-bond donors (Lipinski definition) is 0. The summed E-state index contributed by atoms with van der Waals surface area (Å²) >= 11 is 0. The van der Waals surface area contributed by atoms with Gasteiger partial charge in [-0.25, -0.2) is 4.39 Å². The van der Waals surface area contributed by atoms with Crippen LogP contribution >= 0.6 is 0 Å². The van der Waals surface area contributed by atoms with Gasteiger partial charge in [0.1, 0.15) is 5.82 Å². The number of hydrogen-bond acceptors (Lipinski definition) is 0. The van der Waals surface area contributed by atoms with Gasteiger partial charge in [-0.15, -0.1) is 0 Å². The monoisotopic (exact) mass is 192 g/mol. The molecule has 0 spiro atoms. The van der Waals surface area contributed by atoms with Crippen LogP contribution in [0.5, 0.6) is 0 Å². The van der Waals surface area contributed by atoms with Gasteiger partial charge in [-0.3, -0.25) is 0 Å². The maximum absolute atomic E-state index is 13.1. The van der Waals surface area contributed by atoms with Crippen molar-refractivity contribution < 1.29 is 4.39 Å². The summed E-state index contributed by atoms with van der Waals surface area (Å²) in [5.74, 6) is -0.222. The minimum atomic E-state index is -0.222. The van der Waals surface area contributed by atoms with Gasteiger partial charge in [0.05, 0.1) is 0 Å². The summed E-state index contributed by atoms with van der Waals surface area (Å²) in [5.41, 5.74) is 0. The molecule has 0 nitrogen and oxygen atoms in total. The zero-order chi connectivity index (χ0) is 11.0. The van der Waals surface area contributed by atoms with Gasteiger partial charge in [-0.05, 0) is 18.2 Å². The first-order chi connectivity index (χ1) is 6.75. The van der Waals surface area contributed by atoms with Crippen LogP contribution in [0.15, 0.2) is 30.4 Å². The zero-order valence-electron chi connectivity index (χ0n) is 9.05. The first-order valence-electron chi connectivity index (χ1n) is 4.82. The molecule has 76 valence electrons. The fourth-order valence-electron chi connectivity index (χ4n) is 0.961. The third-order valence-corrected chi connectivity index (χ3v) is 1.60. The van der Waals surface area contributed by atoms with Crippen molar-refractivity contribution in [3.05, 3.63) is 46.6 Å². The molecule has 14 heavy (non-hydrogen) atoms. The largest absolute Gasteiger partial charge is 0.206 e. The van der Waals surface area contributed by atoms with Crippen LogP contribution < -0.4 is 10.4 Å². The van der Waals surface area contributed by atoms with Crippen molar-refractivity contribution in [3.8, 4) is 0 Å². The van der Waals surface area contributed by atoms with Crippen LogP contribution in [-0.4, -0.2) is 0 Å². The second-order valence-corrected chi connectivity index (χ2v) is 2.51. The Morgan fingerprint density at radius 2 is 1.93 bits per heavy atom. The Kier molecular flexibility index (Phi) is 6.38. The molecule has 1 rings (SSSR count). The molecular weight excluding hydrogens is 175 g/mol. The molecule has 0 unspecified atom stereocenters. The van der Waals surface area contributed by atoms with Crippen molar-refractivity contribution in [1.29, 1.82) is 0 Å². The average molecular weight is 192 g/mol. The summed E-state index contributed by atoms with van der Waals surface area (Å²) in [4.78, 5) is 0. The number of rotatable bonds is 1. The highest BCUT2D eigenvalue weighted by Crippen LogP contribution is 1.83. The lowest BCUT2D eigenvalue weighted by molar-refractivity contribution is 0.617. The van der Waals surface area contributed by atoms with Crippen LogP contribution in [0.3, 0.4) is 0 Å². The number of halogens is 1. The van der Waals surface area contributed by atoms with Gasteiger partial charge in [0, 0.05) is 5.22 Å². The SMILES string of the molecule is C=c1cccc(F)/c1=C/C=C\C.CC. The van der Waals surface area contributed by atoms with E-state index in [1.54, 1.807) is 24.3 Å². The summed E-state index contributed by atoms with van der Waals surface area (Å²) in [7, 11) is 0. The fourth-order valence-corrected chi connectivity index (χ4v) is 0.961. The molecule has 0 saturated carbocycles. The highest BCUT2D eigenvalue weighted by molar-refractivity contribution is 5.37. The molecule has 0 fully saturated rings. The predicted octanol–water partition coefficient (Wildman–Crippen LogP) is 2.62. The van der Waals surface area contributed by atoms with Crippen LogP contribution in [0.2, 0.25) is 0 Å². The van der Waals surface area contributed by atoms with Crippen molar-refractivity contribution in [1.82, 2.24) is 0 Å². The Labute approximate surface area is 85.1 Å². The molecule has 0 amide bonds. The molecule has 1 heteroatoms. The molecule has 1 aromatic carbocycles. The molecule has 0 aliphatic rings. The van der Waals surface area contributed by atoms with E-state index in [0.717, 1.165) is 0 Å². The quantitative estimate of drug-likeness (QED) is 0.641. The van der Waals surface area contributed by atoms with Crippen LogP contribution in [0.4, 0.5) is 4.39 Å². The summed E-state index contributed by atoms with van der Waals surface area (Å²) in [6.45, 7) is 9.62. The fraction of sp³-hybridized carbons (Fsp3) is 0.231. The molecule has 0 aromatic heterocycles. The molecule has 0 atom stereocenters. The summed E-state index contributed by atoms with van der Waals surface area (Å²) < 4.78 is 13.1. The second kappa shape index (κ2) is 7.07. The third kappa shape index (κ3) is 3.56. The normalized spacial score (nSPS) is 11.3. The molecular formula is C13H17F. The molecule has 0 heterocycles. The lowest BCUT2D eigenvalue weighted by Gasteiger charge is -1.89. The summed E-state index contributed by atoms with van der Waals surface area (Å²) in [5, 5.41) is 1.28.